The van der Waals surface area contributed by atoms with Gasteiger partial charge in [0, 0.05) is 16.5 Å². The third-order valence-electron chi connectivity index (χ3n) is 4.34. The van der Waals surface area contributed by atoms with Crippen molar-refractivity contribution < 1.29 is 9.53 Å². The van der Waals surface area contributed by atoms with Crippen LogP contribution in [0.3, 0.4) is 0 Å². The first-order valence-electron chi connectivity index (χ1n) is 9.04. The number of amides is 1. The van der Waals surface area contributed by atoms with E-state index in [1.165, 1.54) is 11.3 Å². The molecule has 1 amide bonds. The molecule has 2 aromatic heterocycles. The van der Waals surface area contributed by atoms with Crippen LogP contribution in [-0.4, -0.2) is 23.0 Å². The molecule has 0 atom stereocenters. The number of nitrogens with one attached hydrogen (secondary N) is 1. The third kappa shape index (κ3) is 4.36. The van der Waals surface area contributed by atoms with Gasteiger partial charge in [-0.1, -0.05) is 30.3 Å². The summed E-state index contributed by atoms with van der Waals surface area (Å²) in [5.74, 6) is 0.659. The predicted octanol–water partition coefficient (Wildman–Crippen LogP) is 5.18. The van der Waals surface area contributed by atoms with E-state index in [2.05, 4.69) is 15.3 Å². The second-order valence-corrected chi connectivity index (χ2v) is 8.21. The predicted molar refractivity (Wildman–Crippen MR) is 118 cm³/mol. The summed E-state index contributed by atoms with van der Waals surface area (Å²) in [6.45, 7) is 2.24. The topological polar surface area (TPSA) is 64.1 Å². The Morgan fingerprint density at radius 2 is 1.72 bits per heavy atom. The molecule has 0 fully saturated rings. The van der Waals surface area contributed by atoms with Gasteiger partial charge in [0.25, 0.3) is 5.91 Å². The van der Waals surface area contributed by atoms with Gasteiger partial charge in [0.2, 0.25) is 0 Å². The highest BCUT2D eigenvalue weighted by Gasteiger charge is 2.16. The smallest absolute Gasteiger partial charge is 0.263 e. The van der Waals surface area contributed by atoms with Crippen molar-refractivity contribution in [2.24, 2.45) is 0 Å². The first kappa shape index (κ1) is 19.3. The van der Waals surface area contributed by atoms with Gasteiger partial charge >= 0.3 is 0 Å². The molecule has 0 saturated heterocycles. The monoisotopic (exact) mass is 421 g/mol. The normalized spacial score (nSPS) is 10.7. The molecule has 4 aromatic rings. The number of carbonyl (C=O) groups is 1. The number of methoxy groups -OCH3 is 1. The molecule has 0 unspecified atom stereocenters. The van der Waals surface area contributed by atoms with Crippen molar-refractivity contribution in [1.82, 2.24) is 15.3 Å². The Labute approximate surface area is 177 Å². The van der Waals surface area contributed by atoms with Crippen molar-refractivity contribution in [3.63, 3.8) is 0 Å². The average Bonchev–Trinajstić information content (AvgIpc) is 3.40. The molecule has 29 heavy (non-hydrogen) atoms. The maximum atomic E-state index is 12.7. The lowest BCUT2D eigenvalue weighted by Crippen LogP contribution is -2.22. The maximum Gasteiger partial charge on any atom is 0.263 e. The van der Waals surface area contributed by atoms with Crippen molar-refractivity contribution in [2.45, 2.75) is 13.5 Å². The zero-order valence-electron chi connectivity index (χ0n) is 16.0. The van der Waals surface area contributed by atoms with Crippen molar-refractivity contribution in [2.75, 3.05) is 7.11 Å². The van der Waals surface area contributed by atoms with E-state index in [1.807, 2.05) is 66.9 Å². The van der Waals surface area contributed by atoms with E-state index in [1.54, 1.807) is 18.4 Å². The molecule has 2 aromatic carbocycles. The van der Waals surface area contributed by atoms with Crippen molar-refractivity contribution in [1.29, 1.82) is 0 Å². The Balaban J connectivity index is 1.44. The molecule has 146 valence electrons. The number of carbonyl (C=O) groups excluding carboxylic acids is 1. The fraction of sp³-hybridized carbons (Fsp3) is 0.136. The van der Waals surface area contributed by atoms with Gasteiger partial charge < -0.3 is 10.1 Å². The third-order valence-corrected chi connectivity index (χ3v) is 6.49. The Bertz CT molecular complexity index is 1120. The summed E-state index contributed by atoms with van der Waals surface area (Å²) >= 11 is 2.96. The summed E-state index contributed by atoms with van der Waals surface area (Å²) in [6, 6.07) is 17.7. The summed E-state index contributed by atoms with van der Waals surface area (Å²) in [6.07, 6.45) is 0. The van der Waals surface area contributed by atoms with Crippen LogP contribution >= 0.6 is 22.7 Å². The molecule has 2 heterocycles. The molecular formula is C22H19N3O2S2. The van der Waals surface area contributed by atoms with Crippen molar-refractivity contribution in [3.05, 3.63) is 76.2 Å². The molecule has 0 aliphatic rings. The fourth-order valence-electron chi connectivity index (χ4n) is 2.82. The van der Waals surface area contributed by atoms with Crippen LogP contribution in [0, 0.1) is 6.92 Å². The quantitative estimate of drug-likeness (QED) is 0.466. The zero-order chi connectivity index (χ0) is 20.2. The van der Waals surface area contributed by atoms with Crippen molar-refractivity contribution in [3.8, 4) is 26.9 Å². The summed E-state index contributed by atoms with van der Waals surface area (Å²) in [5, 5.41) is 6.70. The van der Waals surface area contributed by atoms with E-state index >= 15 is 0 Å². The average molecular weight is 422 g/mol. The summed E-state index contributed by atoms with van der Waals surface area (Å²) < 4.78 is 5.19. The standard InChI is InChI=1S/C22H19N3O2S2/c1-14-19(29-22(24-14)16-8-10-18(27-2)11-9-16)20(26)23-12-17-13-28-21(25-17)15-6-4-3-5-7-15/h3-11,13H,12H2,1-2H3,(H,23,26). The van der Waals surface area contributed by atoms with Gasteiger partial charge in [-0.15, -0.1) is 22.7 Å². The number of hydrogen-bond acceptors (Lipinski definition) is 6. The largest absolute Gasteiger partial charge is 0.497 e. The minimum Gasteiger partial charge on any atom is -0.497 e. The molecule has 0 radical (unpaired) electrons. The number of aryl methyl sites for hydroxylation is 1. The van der Waals surface area contributed by atoms with Gasteiger partial charge in [-0.3, -0.25) is 4.79 Å². The number of thiazole rings is 2. The fourth-order valence-corrected chi connectivity index (χ4v) is 4.63. The summed E-state index contributed by atoms with van der Waals surface area (Å²) in [5.41, 5.74) is 3.61. The Kier molecular flexibility index (Phi) is 5.69. The van der Waals surface area contributed by atoms with Gasteiger partial charge in [0.05, 0.1) is 25.0 Å². The number of ether oxygens (including phenoxy) is 1. The number of rotatable bonds is 6. The minimum atomic E-state index is -0.131. The zero-order valence-corrected chi connectivity index (χ0v) is 17.6. The molecule has 0 aliphatic heterocycles. The van der Waals surface area contributed by atoms with Crippen LogP contribution in [0.2, 0.25) is 0 Å². The summed E-state index contributed by atoms with van der Waals surface area (Å²) in [7, 11) is 1.64. The molecule has 0 saturated carbocycles. The van der Waals surface area contributed by atoms with E-state index in [0.29, 0.717) is 11.4 Å². The molecule has 4 rings (SSSR count). The number of aromatic nitrogens is 2. The van der Waals surface area contributed by atoms with E-state index in [4.69, 9.17) is 4.74 Å². The molecule has 0 spiro atoms. The van der Waals surface area contributed by atoms with E-state index in [9.17, 15) is 4.79 Å². The lowest BCUT2D eigenvalue weighted by atomic mass is 10.2. The van der Waals surface area contributed by atoms with Gasteiger partial charge in [0.1, 0.15) is 20.6 Å². The van der Waals surface area contributed by atoms with Crippen molar-refractivity contribution >= 4 is 28.6 Å². The van der Waals surface area contributed by atoms with Crippen LogP contribution < -0.4 is 10.1 Å². The molecule has 0 bridgehead atoms. The van der Waals surface area contributed by atoms with E-state index < -0.39 is 0 Å². The number of hydrogen-bond donors (Lipinski definition) is 1. The van der Waals surface area contributed by atoms with Crippen LogP contribution in [0.1, 0.15) is 21.1 Å². The van der Waals surface area contributed by atoms with Crippen LogP contribution in [0.5, 0.6) is 5.75 Å². The highest BCUT2D eigenvalue weighted by atomic mass is 32.1. The molecule has 1 N–H and O–H groups in total. The van der Waals surface area contributed by atoms with Gasteiger partial charge in [-0.2, -0.15) is 0 Å². The molecule has 7 heteroatoms. The first-order valence-corrected chi connectivity index (χ1v) is 10.7. The van der Waals surface area contributed by atoms with Crippen LogP contribution in [0.25, 0.3) is 21.1 Å². The summed E-state index contributed by atoms with van der Waals surface area (Å²) in [4.78, 5) is 22.5. The first-order chi connectivity index (χ1) is 14.1. The van der Waals surface area contributed by atoms with Crippen LogP contribution in [-0.2, 0) is 6.54 Å². The van der Waals surface area contributed by atoms with E-state index in [-0.39, 0.29) is 5.91 Å². The Hall–Kier alpha value is -3.03. The SMILES string of the molecule is COc1ccc(-c2nc(C)c(C(=O)NCc3csc(-c4ccccc4)n3)s2)cc1. The number of benzene rings is 2. The molecule has 5 nitrogen and oxygen atoms in total. The highest BCUT2D eigenvalue weighted by molar-refractivity contribution is 7.17. The van der Waals surface area contributed by atoms with Gasteiger partial charge in [-0.05, 0) is 31.2 Å². The second kappa shape index (κ2) is 8.55. The molecular weight excluding hydrogens is 402 g/mol. The van der Waals surface area contributed by atoms with E-state index in [0.717, 1.165) is 38.3 Å². The van der Waals surface area contributed by atoms with Gasteiger partial charge in [-0.25, -0.2) is 9.97 Å². The van der Waals surface area contributed by atoms with Crippen LogP contribution in [0.15, 0.2) is 60.0 Å². The molecule has 0 aliphatic carbocycles. The second-order valence-electron chi connectivity index (χ2n) is 6.35. The number of nitrogens with zero attached hydrogens (tertiary/aromatic N) is 2. The van der Waals surface area contributed by atoms with Gasteiger partial charge in [0.15, 0.2) is 0 Å². The highest BCUT2D eigenvalue weighted by Crippen LogP contribution is 2.29. The lowest BCUT2D eigenvalue weighted by Gasteiger charge is -2.01. The Morgan fingerprint density at radius 1 is 1.00 bits per heavy atom. The van der Waals surface area contributed by atoms with Crippen LogP contribution in [0.4, 0.5) is 0 Å². The minimum absolute atomic E-state index is 0.131. The lowest BCUT2D eigenvalue weighted by molar-refractivity contribution is 0.0953. The maximum absolute atomic E-state index is 12.7. The Morgan fingerprint density at radius 3 is 2.45 bits per heavy atom.